The van der Waals surface area contributed by atoms with Gasteiger partial charge in [0.1, 0.15) is 16.1 Å². The number of ether oxygens (including phenoxy) is 1. The minimum atomic E-state index is -0.382. The fraction of sp³-hybridized carbons (Fsp3) is 0.368. The van der Waals surface area contributed by atoms with Gasteiger partial charge in [0.25, 0.3) is 0 Å². The lowest BCUT2D eigenvalue weighted by Gasteiger charge is -2.08. The van der Waals surface area contributed by atoms with E-state index in [2.05, 4.69) is 16.4 Å². The Morgan fingerprint density at radius 1 is 1.41 bits per heavy atom. The van der Waals surface area contributed by atoms with Crippen LogP contribution in [0.3, 0.4) is 0 Å². The van der Waals surface area contributed by atoms with Crippen molar-refractivity contribution in [3.63, 3.8) is 0 Å². The highest BCUT2D eigenvalue weighted by Gasteiger charge is 2.28. The quantitative estimate of drug-likeness (QED) is 0.586. The number of pyridine rings is 1. The molecule has 2 aromatic rings. The van der Waals surface area contributed by atoms with Crippen LogP contribution < -0.4 is 5.32 Å². The highest BCUT2D eigenvalue weighted by Crippen LogP contribution is 2.39. The zero-order valence-electron chi connectivity index (χ0n) is 15.1. The van der Waals surface area contributed by atoms with E-state index in [4.69, 9.17) is 4.74 Å². The van der Waals surface area contributed by atoms with Gasteiger partial charge in [-0.15, -0.1) is 11.3 Å². The van der Waals surface area contributed by atoms with E-state index in [1.165, 1.54) is 23.1 Å². The molecule has 0 unspecified atom stereocenters. The third-order valence-corrected chi connectivity index (χ3v) is 6.31. The second-order valence-corrected chi connectivity index (χ2v) is 8.11. The lowest BCUT2D eigenvalue weighted by Crippen LogP contribution is -2.17. The molecule has 8 heteroatoms. The summed E-state index contributed by atoms with van der Waals surface area (Å²) in [4.78, 5) is 30.3. The Hall–Kier alpha value is -2.37. The van der Waals surface area contributed by atoms with Gasteiger partial charge in [0.05, 0.1) is 23.5 Å². The van der Waals surface area contributed by atoms with Gasteiger partial charge >= 0.3 is 5.97 Å². The molecule has 0 spiro atoms. The summed E-state index contributed by atoms with van der Waals surface area (Å²) >= 11 is 2.66. The Bertz CT molecular complexity index is 931. The lowest BCUT2D eigenvalue weighted by molar-refractivity contribution is -0.113. The third kappa shape index (κ3) is 4.31. The first-order valence-corrected chi connectivity index (χ1v) is 10.5. The molecule has 0 aliphatic heterocycles. The lowest BCUT2D eigenvalue weighted by atomic mass is 10.1. The van der Waals surface area contributed by atoms with Crippen molar-refractivity contribution in [1.82, 2.24) is 4.98 Å². The second kappa shape index (κ2) is 8.55. The number of thiophene rings is 1. The molecule has 27 heavy (non-hydrogen) atoms. The minimum Gasteiger partial charge on any atom is -0.462 e. The minimum absolute atomic E-state index is 0.107. The number of esters is 1. The average Bonchev–Trinajstić information content (AvgIpc) is 3.20. The van der Waals surface area contributed by atoms with E-state index in [9.17, 15) is 14.9 Å². The van der Waals surface area contributed by atoms with Crippen LogP contribution in [-0.2, 0) is 22.4 Å². The van der Waals surface area contributed by atoms with Crippen LogP contribution in [-0.4, -0.2) is 29.2 Å². The fourth-order valence-corrected chi connectivity index (χ4v) is 5.05. The Labute approximate surface area is 165 Å². The summed E-state index contributed by atoms with van der Waals surface area (Å²) in [6, 6.07) is 5.55. The zero-order valence-corrected chi connectivity index (χ0v) is 16.8. The largest absolute Gasteiger partial charge is 0.462 e. The number of nitriles is 1. The maximum Gasteiger partial charge on any atom is 0.341 e. The van der Waals surface area contributed by atoms with Crippen LogP contribution in [0.4, 0.5) is 5.00 Å². The van der Waals surface area contributed by atoms with Crippen molar-refractivity contribution in [1.29, 1.82) is 5.26 Å². The zero-order chi connectivity index (χ0) is 19.4. The number of carbonyl (C=O) groups excluding carboxylic acids is 2. The number of fused-ring (bicyclic) bond motifs is 1. The Kier molecular flexibility index (Phi) is 6.14. The normalized spacial score (nSPS) is 12.3. The van der Waals surface area contributed by atoms with Crippen molar-refractivity contribution in [3.05, 3.63) is 39.4 Å². The smallest absolute Gasteiger partial charge is 0.341 e. The van der Waals surface area contributed by atoms with E-state index in [0.29, 0.717) is 27.8 Å². The van der Waals surface area contributed by atoms with Crippen molar-refractivity contribution < 1.29 is 14.3 Å². The Morgan fingerprint density at radius 2 is 2.22 bits per heavy atom. The van der Waals surface area contributed by atoms with Crippen molar-refractivity contribution in [2.45, 2.75) is 38.1 Å². The van der Waals surface area contributed by atoms with E-state index in [1.807, 2.05) is 6.92 Å². The number of hydrogen-bond donors (Lipinski definition) is 1. The average molecular weight is 402 g/mol. The number of rotatable bonds is 6. The molecule has 0 saturated heterocycles. The van der Waals surface area contributed by atoms with E-state index < -0.39 is 0 Å². The van der Waals surface area contributed by atoms with Gasteiger partial charge in [0.2, 0.25) is 5.91 Å². The van der Waals surface area contributed by atoms with Gasteiger partial charge in [-0.3, -0.25) is 4.79 Å². The van der Waals surface area contributed by atoms with Gasteiger partial charge in [-0.25, -0.2) is 9.78 Å². The highest BCUT2D eigenvalue weighted by molar-refractivity contribution is 8.00. The molecule has 0 bridgehead atoms. The first-order valence-electron chi connectivity index (χ1n) is 8.65. The molecule has 1 aliphatic rings. The number of amides is 1. The molecule has 3 rings (SSSR count). The van der Waals surface area contributed by atoms with Gasteiger partial charge in [0, 0.05) is 10.6 Å². The second-order valence-electron chi connectivity index (χ2n) is 6.04. The topological polar surface area (TPSA) is 92.1 Å². The highest BCUT2D eigenvalue weighted by atomic mass is 32.2. The molecular weight excluding hydrogens is 382 g/mol. The monoisotopic (exact) mass is 401 g/mol. The SMILES string of the molecule is CCOC(=O)c1c(NC(=O)CSc2nc(C)ccc2C#N)sc2c1CCC2. The summed E-state index contributed by atoms with van der Waals surface area (Å²) < 4.78 is 5.17. The summed E-state index contributed by atoms with van der Waals surface area (Å²) in [5, 5.41) is 13.1. The molecule has 0 saturated carbocycles. The van der Waals surface area contributed by atoms with Crippen LogP contribution in [0.15, 0.2) is 17.2 Å². The van der Waals surface area contributed by atoms with Crippen LogP contribution in [0.5, 0.6) is 0 Å². The molecule has 2 heterocycles. The summed E-state index contributed by atoms with van der Waals surface area (Å²) in [5.74, 6) is -0.514. The molecular formula is C19H19N3O3S2. The number of aryl methyl sites for hydroxylation is 2. The van der Waals surface area contributed by atoms with Gasteiger partial charge in [0.15, 0.2) is 0 Å². The first kappa shape index (κ1) is 19.4. The number of aromatic nitrogens is 1. The number of hydrogen-bond acceptors (Lipinski definition) is 7. The van der Waals surface area contributed by atoms with Gasteiger partial charge in [-0.1, -0.05) is 11.8 Å². The number of nitrogens with one attached hydrogen (secondary N) is 1. The maximum atomic E-state index is 12.4. The molecule has 1 aliphatic carbocycles. The van der Waals surface area contributed by atoms with E-state index >= 15 is 0 Å². The number of carbonyl (C=O) groups is 2. The molecule has 1 amide bonds. The van der Waals surface area contributed by atoms with Crippen LogP contribution in [0, 0.1) is 18.3 Å². The predicted octanol–water partition coefficient (Wildman–Crippen LogP) is 3.72. The van der Waals surface area contributed by atoms with Crippen LogP contribution in [0.25, 0.3) is 0 Å². The molecule has 6 nitrogen and oxygen atoms in total. The standard InChI is InChI=1S/C19H19N3O3S2/c1-3-25-19(24)16-13-5-4-6-14(13)27-18(16)22-15(23)10-26-17-12(9-20)8-7-11(2)21-17/h7-8H,3-6,10H2,1-2H3,(H,22,23). The van der Waals surface area contributed by atoms with Crippen molar-refractivity contribution >= 4 is 40.0 Å². The third-order valence-electron chi connectivity index (χ3n) is 4.11. The van der Waals surface area contributed by atoms with Crippen LogP contribution in [0.1, 0.15) is 45.4 Å². The Balaban J connectivity index is 1.73. The molecule has 0 atom stereocenters. The summed E-state index contributed by atoms with van der Waals surface area (Å²) in [7, 11) is 0. The van der Waals surface area contributed by atoms with E-state index in [1.54, 1.807) is 19.1 Å². The van der Waals surface area contributed by atoms with Crippen molar-refractivity contribution in [2.24, 2.45) is 0 Å². The maximum absolute atomic E-state index is 12.4. The summed E-state index contributed by atoms with van der Waals surface area (Å²) in [5.41, 5.74) is 2.74. The van der Waals surface area contributed by atoms with Crippen molar-refractivity contribution in [2.75, 3.05) is 17.7 Å². The first-order chi connectivity index (χ1) is 13.0. The fourth-order valence-electron chi connectivity index (χ4n) is 2.94. The molecule has 1 N–H and O–H groups in total. The number of nitrogens with zero attached hydrogens (tertiary/aromatic N) is 2. The van der Waals surface area contributed by atoms with Crippen molar-refractivity contribution in [3.8, 4) is 6.07 Å². The number of thioether (sulfide) groups is 1. The molecule has 0 radical (unpaired) electrons. The van der Waals surface area contributed by atoms with Crippen LogP contribution in [0.2, 0.25) is 0 Å². The van der Waals surface area contributed by atoms with Crippen LogP contribution >= 0.6 is 23.1 Å². The number of anilines is 1. The summed E-state index contributed by atoms with van der Waals surface area (Å²) in [6.45, 7) is 3.90. The van der Waals surface area contributed by atoms with E-state index in [0.717, 1.165) is 35.4 Å². The van der Waals surface area contributed by atoms with Gasteiger partial charge < -0.3 is 10.1 Å². The van der Waals surface area contributed by atoms with E-state index in [-0.39, 0.29) is 17.6 Å². The molecule has 0 aromatic carbocycles. The molecule has 2 aromatic heterocycles. The summed E-state index contributed by atoms with van der Waals surface area (Å²) in [6.07, 6.45) is 2.78. The molecule has 140 valence electrons. The van der Waals surface area contributed by atoms with Gasteiger partial charge in [-0.2, -0.15) is 5.26 Å². The van der Waals surface area contributed by atoms with Gasteiger partial charge in [-0.05, 0) is 50.8 Å². The molecule has 0 fully saturated rings. The predicted molar refractivity (Wildman–Crippen MR) is 105 cm³/mol. The Morgan fingerprint density at radius 3 is 2.96 bits per heavy atom.